The van der Waals surface area contributed by atoms with Crippen LogP contribution < -0.4 is 0 Å². The van der Waals surface area contributed by atoms with E-state index in [4.69, 9.17) is 0 Å². The Morgan fingerprint density at radius 1 is 1.22 bits per heavy atom. The highest BCUT2D eigenvalue weighted by Gasteiger charge is 2.13. The molecule has 0 saturated carbocycles. The van der Waals surface area contributed by atoms with Gasteiger partial charge in [-0.2, -0.15) is 0 Å². The summed E-state index contributed by atoms with van der Waals surface area (Å²) in [4.78, 5) is 2.59. The van der Waals surface area contributed by atoms with Crippen molar-refractivity contribution < 1.29 is 9.50 Å². The Balaban J connectivity index is 2.14. The molecule has 0 amide bonds. The molecule has 18 heavy (non-hydrogen) atoms. The molecule has 0 saturated heterocycles. The topological polar surface area (TPSA) is 20.2 Å². The molecule has 2 rings (SSSR count). The van der Waals surface area contributed by atoms with Crippen LogP contribution in [0.4, 0.5) is 4.39 Å². The van der Waals surface area contributed by atoms with Crippen molar-refractivity contribution in [2.24, 2.45) is 0 Å². The van der Waals surface area contributed by atoms with Gasteiger partial charge in [-0.05, 0) is 42.7 Å². The smallest absolute Gasteiger partial charge is 0.123 e. The summed E-state index contributed by atoms with van der Waals surface area (Å²) in [5, 5.41) is 9.48. The van der Waals surface area contributed by atoms with Gasteiger partial charge in [-0.25, -0.2) is 4.39 Å². The summed E-state index contributed by atoms with van der Waals surface area (Å²) in [5.74, 6) is -0.268. The van der Waals surface area contributed by atoms with E-state index in [1.807, 2.05) is 6.07 Å². The first-order valence-electron chi connectivity index (χ1n) is 6.16. The lowest BCUT2D eigenvalue weighted by atomic mass is 9.96. The highest BCUT2D eigenvalue weighted by atomic mass is 32.1. The third-order valence-corrected chi connectivity index (χ3v) is 4.31. The quantitative estimate of drug-likeness (QED) is 0.871. The molecule has 1 heterocycles. The van der Waals surface area contributed by atoms with Crippen molar-refractivity contribution in [2.75, 3.05) is 6.61 Å². The minimum Gasteiger partial charge on any atom is -0.396 e. The molecule has 0 bridgehead atoms. The van der Waals surface area contributed by atoms with Crippen molar-refractivity contribution in [1.29, 1.82) is 0 Å². The zero-order chi connectivity index (χ0) is 13.0. The largest absolute Gasteiger partial charge is 0.396 e. The van der Waals surface area contributed by atoms with E-state index in [0.717, 1.165) is 18.4 Å². The van der Waals surface area contributed by atoms with Crippen molar-refractivity contribution in [3.8, 4) is 0 Å². The Morgan fingerprint density at radius 2 is 2.00 bits per heavy atom. The monoisotopic (exact) mass is 264 g/mol. The summed E-state index contributed by atoms with van der Waals surface area (Å²) in [6.45, 7) is 2.18. The average molecular weight is 264 g/mol. The summed E-state index contributed by atoms with van der Waals surface area (Å²) in [6, 6.07) is 10.7. The van der Waals surface area contributed by atoms with Crippen LogP contribution in [0.25, 0.3) is 0 Å². The maximum atomic E-state index is 13.2. The fraction of sp³-hybridized carbons (Fsp3) is 0.333. The predicted molar refractivity (Wildman–Crippen MR) is 73.6 cm³/mol. The van der Waals surface area contributed by atoms with Gasteiger partial charge in [0.15, 0.2) is 0 Å². The fourth-order valence-corrected chi connectivity index (χ4v) is 3.05. The van der Waals surface area contributed by atoms with E-state index in [9.17, 15) is 9.50 Å². The summed E-state index contributed by atoms with van der Waals surface area (Å²) in [5.41, 5.74) is 0.865. The van der Waals surface area contributed by atoms with Gasteiger partial charge in [-0.3, -0.25) is 0 Å². The van der Waals surface area contributed by atoms with Crippen molar-refractivity contribution in [3.63, 3.8) is 0 Å². The van der Waals surface area contributed by atoms with Gasteiger partial charge in [0.1, 0.15) is 5.82 Å². The molecule has 0 aliphatic heterocycles. The van der Waals surface area contributed by atoms with Gasteiger partial charge in [-0.1, -0.05) is 19.1 Å². The van der Waals surface area contributed by atoms with Crippen molar-refractivity contribution in [3.05, 3.63) is 57.5 Å². The van der Waals surface area contributed by atoms with Gasteiger partial charge >= 0.3 is 0 Å². The van der Waals surface area contributed by atoms with Crippen LogP contribution in [0.5, 0.6) is 0 Å². The molecule has 0 radical (unpaired) electrons. The van der Waals surface area contributed by atoms with Crippen molar-refractivity contribution >= 4 is 11.3 Å². The standard InChI is InChI=1S/C15H17FOS/c1-2-14-6-7-15(18-14)9-12(10-17)11-4-3-5-13(16)8-11/h3-8,12,17H,2,9-10H2,1H3. The molecule has 0 aliphatic rings. The second-order valence-electron chi connectivity index (χ2n) is 4.36. The van der Waals surface area contributed by atoms with E-state index in [2.05, 4.69) is 19.1 Å². The van der Waals surface area contributed by atoms with Crippen LogP contribution in [0.15, 0.2) is 36.4 Å². The lowest BCUT2D eigenvalue weighted by Crippen LogP contribution is -2.07. The first kappa shape index (κ1) is 13.2. The normalized spacial score (nSPS) is 12.6. The van der Waals surface area contributed by atoms with Crippen LogP contribution in [0, 0.1) is 5.82 Å². The van der Waals surface area contributed by atoms with Gasteiger partial charge in [0.2, 0.25) is 0 Å². The zero-order valence-corrected chi connectivity index (χ0v) is 11.2. The van der Waals surface area contributed by atoms with E-state index in [-0.39, 0.29) is 18.3 Å². The van der Waals surface area contributed by atoms with Crippen molar-refractivity contribution in [2.45, 2.75) is 25.7 Å². The van der Waals surface area contributed by atoms with Gasteiger partial charge in [0.05, 0.1) is 6.61 Å². The third-order valence-electron chi connectivity index (χ3n) is 3.05. The summed E-state index contributed by atoms with van der Waals surface area (Å²) in [7, 11) is 0. The number of hydrogen-bond acceptors (Lipinski definition) is 2. The van der Waals surface area contributed by atoms with Crippen LogP contribution >= 0.6 is 11.3 Å². The van der Waals surface area contributed by atoms with Gasteiger partial charge in [0, 0.05) is 15.7 Å². The fourth-order valence-electron chi connectivity index (χ4n) is 2.01. The minimum atomic E-state index is -0.244. The molecule has 3 heteroatoms. The number of benzene rings is 1. The summed E-state index contributed by atoms with van der Waals surface area (Å²) >= 11 is 1.77. The molecule has 0 aliphatic carbocycles. The van der Waals surface area contributed by atoms with E-state index in [1.54, 1.807) is 17.4 Å². The molecule has 1 unspecified atom stereocenters. The SMILES string of the molecule is CCc1ccc(CC(CO)c2cccc(F)c2)s1. The van der Waals surface area contributed by atoms with Crippen LogP contribution in [-0.2, 0) is 12.8 Å². The zero-order valence-electron chi connectivity index (χ0n) is 10.4. The molecule has 1 aromatic carbocycles. The molecule has 1 atom stereocenters. The summed E-state index contributed by atoms with van der Waals surface area (Å²) < 4.78 is 13.2. The molecular weight excluding hydrogens is 247 g/mol. The lowest BCUT2D eigenvalue weighted by Gasteiger charge is -2.13. The van der Waals surface area contributed by atoms with Gasteiger partial charge in [0.25, 0.3) is 0 Å². The molecular formula is C15H17FOS. The maximum Gasteiger partial charge on any atom is 0.123 e. The van der Waals surface area contributed by atoms with Gasteiger partial charge in [-0.15, -0.1) is 11.3 Å². The van der Waals surface area contributed by atoms with Gasteiger partial charge < -0.3 is 5.11 Å². The number of aryl methyl sites for hydroxylation is 1. The third kappa shape index (κ3) is 3.18. The Labute approximate surface area is 111 Å². The minimum absolute atomic E-state index is 0.0240. The van der Waals surface area contributed by atoms with E-state index in [1.165, 1.54) is 21.9 Å². The average Bonchev–Trinajstić information content (AvgIpc) is 2.83. The molecule has 1 N–H and O–H groups in total. The van der Waals surface area contributed by atoms with E-state index < -0.39 is 0 Å². The number of thiophene rings is 1. The molecule has 0 spiro atoms. The second-order valence-corrected chi connectivity index (χ2v) is 5.61. The second kappa shape index (κ2) is 6.12. The Bertz CT molecular complexity index is 507. The molecule has 96 valence electrons. The van der Waals surface area contributed by atoms with Crippen LogP contribution in [0.3, 0.4) is 0 Å². The molecule has 2 aromatic rings. The van der Waals surface area contributed by atoms with Crippen molar-refractivity contribution in [1.82, 2.24) is 0 Å². The number of rotatable bonds is 5. The highest BCUT2D eigenvalue weighted by Crippen LogP contribution is 2.25. The summed E-state index contributed by atoms with van der Waals surface area (Å²) in [6.07, 6.45) is 1.80. The number of hydrogen-bond donors (Lipinski definition) is 1. The van der Waals surface area contributed by atoms with E-state index in [0.29, 0.717) is 0 Å². The first-order valence-corrected chi connectivity index (χ1v) is 6.98. The predicted octanol–water partition coefficient (Wildman–Crippen LogP) is 3.77. The lowest BCUT2D eigenvalue weighted by molar-refractivity contribution is 0.264. The Morgan fingerprint density at radius 3 is 2.61 bits per heavy atom. The molecule has 1 nitrogen and oxygen atoms in total. The van der Waals surface area contributed by atoms with Crippen LogP contribution in [-0.4, -0.2) is 11.7 Å². The Hall–Kier alpha value is -1.19. The number of aliphatic hydroxyl groups excluding tert-OH is 1. The first-order chi connectivity index (χ1) is 8.72. The maximum absolute atomic E-state index is 13.2. The van der Waals surface area contributed by atoms with E-state index >= 15 is 0 Å². The van der Waals surface area contributed by atoms with Crippen LogP contribution in [0.1, 0.15) is 28.2 Å². The molecule has 1 aromatic heterocycles. The van der Waals surface area contributed by atoms with Crippen LogP contribution in [0.2, 0.25) is 0 Å². The number of aliphatic hydroxyl groups is 1. The highest BCUT2D eigenvalue weighted by molar-refractivity contribution is 7.11. The Kier molecular flexibility index (Phi) is 4.50. The number of halogens is 1. The molecule has 0 fully saturated rings.